The highest BCUT2D eigenvalue weighted by Crippen LogP contribution is 2.25. The summed E-state index contributed by atoms with van der Waals surface area (Å²) in [7, 11) is 1.52. The summed E-state index contributed by atoms with van der Waals surface area (Å²) in [5, 5.41) is 6.03. The Balaban J connectivity index is 1.48. The Bertz CT molecular complexity index is 1070. The summed E-state index contributed by atoms with van der Waals surface area (Å²) in [5.74, 6) is -0.399. The van der Waals surface area contributed by atoms with E-state index in [4.69, 9.17) is 5.73 Å². The largest absolute Gasteiger partial charge is 0.382 e. The molecule has 7 heteroatoms. The standard InChI is InChI=1S/C22H22FN5O/c1-25-22(29)20-21(24)27-12-19(28-20)15-6-2-4-13(8-15)11-26-16-9-14-5-3-7-18(23)17(14)10-16/h2-8,12,16,26H,9-11H2,1H3,(H2,24,27)(H,25,29). The molecule has 1 unspecified atom stereocenters. The van der Waals surface area contributed by atoms with Gasteiger partial charge in [-0.15, -0.1) is 0 Å². The van der Waals surface area contributed by atoms with Crippen LogP contribution in [-0.4, -0.2) is 29.0 Å². The molecule has 1 amide bonds. The lowest BCUT2D eigenvalue weighted by atomic mass is 10.1. The third-order valence-electron chi connectivity index (χ3n) is 5.19. The van der Waals surface area contributed by atoms with Crippen molar-refractivity contribution < 1.29 is 9.18 Å². The maximum Gasteiger partial charge on any atom is 0.273 e. The van der Waals surface area contributed by atoms with E-state index >= 15 is 0 Å². The SMILES string of the molecule is CNC(=O)c1nc(-c2cccc(CNC3Cc4cccc(F)c4C3)c2)cnc1N. The van der Waals surface area contributed by atoms with Crippen molar-refractivity contribution in [3.63, 3.8) is 0 Å². The fraction of sp³-hybridized carbons (Fsp3) is 0.227. The molecule has 0 bridgehead atoms. The van der Waals surface area contributed by atoms with Crippen molar-refractivity contribution in [1.29, 1.82) is 0 Å². The van der Waals surface area contributed by atoms with Crippen LogP contribution in [0.15, 0.2) is 48.7 Å². The molecule has 148 valence electrons. The van der Waals surface area contributed by atoms with Crippen LogP contribution in [0.4, 0.5) is 10.2 Å². The van der Waals surface area contributed by atoms with Gasteiger partial charge in [0, 0.05) is 25.2 Å². The summed E-state index contributed by atoms with van der Waals surface area (Å²) in [5.41, 5.74) is 10.3. The molecule has 1 aromatic heterocycles. The highest BCUT2D eigenvalue weighted by atomic mass is 19.1. The molecule has 3 aromatic rings. The number of nitrogens with zero attached hydrogens (tertiary/aromatic N) is 2. The van der Waals surface area contributed by atoms with Gasteiger partial charge in [-0.3, -0.25) is 4.79 Å². The minimum absolute atomic E-state index is 0.0963. The smallest absolute Gasteiger partial charge is 0.273 e. The van der Waals surface area contributed by atoms with E-state index in [1.165, 1.54) is 13.1 Å². The summed E-state index contributed by atoms with van der Waals surface area (Å²) < 4.78 is 13.9. The van der Waals surface area contributed by atoms with Crippen LogP contribution in [0.3, 0.4) is 0 Å². The number of hydrogen-bond acceptors (Lipinski definition) is 5. The van der Waals surface area contributed by atoms with Gasteiger partial charge in [-0.2, -0.15) is 0 Å². The third kappa shape index (κ3) is 3.95. The normalized spacial score (nSPS) is 15.2. The predicted molar refractivity (Wildman–Crippen MR) is 110 cm³/mol. The molecule has 4 rings (SSSR count). The maximum atomic E-state index is 13.9. The van der Waals surface area contributed by atoms with Crippen molar-refractivity contribution >= 4 is 11.7 Å². The van der Waals surface area contributed by atoms with E-state index in [9.17, 15) is 9.18 Å². The van der Waals surface area contributed by atoms with Crippen LogP contribution in [-0.2, 0) is 19.4 Å². The van der Waals surface area contributed by atoms with Gasteiger partial charge >= 0.3 is 0 Å². The van der Waals surface area contributed by atoms with Crippen molar-refractivity contribution in [1.82, 2.24) is 20.6 Å². The molecule has 0 aliphatic heterocycles. The second kappa shape index (κ2) is 7.97. The number of amides is 1. The molecule has 0 fully saturated rings. The maximum absolute atomic E-state index is 13.9. The average molecular weight is 391 g/mol. The number of anilines is 1. The Morgan fingerprint density at radius 1 is 1.24 bits per heavy atom. The molecule has 0 radical (unpaired) electrons. The van der Waals surface area contributed by atoms with E-state index in [1.54, 1.807) is 12.3 Å². The summed E-state index contributed by atoms with van der Waals surface area (Å²) >= 11 is 0. The fourth-order valence-corrected chi connectivity index (χ4v) is 3.68. The number of nitrogen functional groups attached to an aromatic ring is 1. The summed E-state index contributed by atoms with van der Waals surface area (Å²) in [6, 6.07) is 13.4. The molecular weight excluding hydrogens is 369 g/mol. The number of carbonyl (C=O) groups excluding carboxylic acids is 1. The lowest BCUT2D eigenvalue weighted by Gasteiger charge is -2.13. The minimum Gasteiger partial charge on any atom is -0.382 e. The zero-order valence-corrected chi connectivity index (χ0v) is 16.1. The second-order valence-electron chi connectivity index (χ2n) is 7.13. The molecular formula is C22H22FN5O. The van der Waals surface area contributed by atoms with Crippen LogP contribution >= 0.6 is 0 Å². The van der Waals surface area contributed by atoms with Crippen LogP contribution < -0.4 is 16.4 Å². The monoisotopic (exact) mass is 391 g/mol. The quantitative estimate of drug-likeness (QED) is 0.621. The summed E-state index contributed by atoms with van der Waals surface area (Å²) in [6.07, 6.45) is 3.08. The minimum atomic E-state index is -0.372. The Labute approximate surface area is 168 Å². The molecule has 1 aliphatic carbocycles. The van der Waals surface area contributed by atoms with E-state index < -0.39 is 0 Å². The van der Waals surface area contributed by atoms with E-state index in [0.29, 0.717) is 18.7 Å². The van der Waals surface area contributed by atoms with Crippen LogP contribution in [0.25, 0.3) is 11.3 Å². The summed E-state index contributed by atoms with van der Waals surface area (Å²) in [6.45, 7) is 0.652. The zero-order chi connectivity index (χ0) is 20.4. The zero-order valence-electron chi connectivity index (χ0n) is 16.1. The number of benzene rings is 2. The number of carbonyl (C=O) groups is 1. The molecule has 4 N–H and O–H groups in total. The number of aromatic nitrogens is 2. The molecule has 0 saturated carbocycles. The van der Waals surface area contributed by atoms with Gasteiger partial charge in [0.25, 0.3) is 5.91 Å². The van der Waals surface area contributed by atoms with Crippen LogP contribution in [0.1, 0.15) is 27.2 Å². The van der Waals surface area contributed by atoms with Gasteiger partial charge < -0.3 is 16.4 Å². The molecule has 0 spiro atoms. The molecule has 2 aromatic carbocycles. The first-order chi connectivity index (χ1) is 14.0. The lowest BCUT2D eigenvalue weighted by molar-refractivity contribution is 0.0959. The van der Waals surface area contributed by atoms with Crippen LogP contribution in [0.2, 0.25) is 0 Å². The van der Waals surface area contributed by atoms with Crippen molar-refractivity contribution in [3.05, 3.63) is 76.9 Å². The van der Waals surface area contributed by atoms with Gasteiger partial charge in [-0.1, -0.05) is 30.3 Å². The lowest BCUT2D eigenvalue weighted by Crippen LogP contribution is -2.29. The predicted octanol–water partition coefficient (Wildman–Crippen LogP) is 2.48. The topological polar surface area (TPSA) is 92.9 Å². The number of nitrogens with one attached hydrogen (secondary N) is 2. The average Bonchev–Trinajstić information content (AvgIpc) is 3.17. The van der Waals surface area contributed by atoms with Crippen molar-refractivity contribution in [2.75, 3.05) is 12.8 Å². The number of fused-ring (bicyclic) bond motifs is 1. The highest BCUT2D eigenvalue weighted by Gasteiger charge is 2.23. The van der Waals surface area contributed by atoms with Crippen LogP contribution in [0.5, 0.6) is 0 Å². The fourth-order valence-electron chi connectivity index (χ4n) is 3.68. The number of hydrogen-bond donors (Lipinski definition) is 3. The van der Waals surface area contributed by atoms with Gasteiger partial charge in [0.2, 0.25) is 0 Å². The molecule has 6 nitrogen and oxygen atoms in total. The van der Waals surface area contributed by atoms with Gasteiger partial charge in [-0.25, -0.2) is 14.4 Å². The van der Waals surface area contributed by atoms with Gasteiger partial charge in [-0.05, 0) is 41.7 Å². The molecule has 1 heterocycles. The molecule has 29 heavy (non-hydrogen) atoms. The number of nitrogens with two attached hydrogens (primary N) is 1. The highest BCUT2D eigenvalue weighted by molar-refractivity contribution is 5.96. The van der Waals surface area contributed by atoms with Gasteiger partial charge in [0.05, 0.1) is 11.9 Å². The number of halogens is 1. The summed E-state index contributed by atoms with van der Waals surface area (Å²) in [4.78, 5) is 20.4. The van der Waals surface area contributed by atoms with Crippen molar-refractivity contribution in [2.45, 2.75) is 25.4 Å². The van der Waals surface area contributed by atoms with Gasteiger partial charge in [0.15, 0.2) is 11.5 Å². The third-order valence-corrected chi connectivity index (χ3v) is 5.19. The first-order valence-electron chi connectivity index (χ1n) is 9.48. The Morgan fingerprint density at radius 2 is 2.07 bits per heavy atom. The second-order valence-corrected chi connectivity index (χ2v) is 7.13. The van der Waals surface area contributed by atoms with E-state index in [-0.39, 0.29) is 29.3 Å². The van der Waals surface area contributed by atoms with E-state index in [1.807, 2.05) is 30.3 Å². The van der Waals surface area contributed by atoms with E-state index in [2.05, 4.69) is 20.6 Å². The first-order valence-corrected chi connectivity index (χ1v) is 9.48. The number of rotatable bonds is 5. The Hall–Kier alpha value is -3.32. The molecule has 1 atom stereocenters. The molecule has 1 aliphatic rings. The van der Waals surface area contributed by atoms with E-state index in [0.717, 1.165) is 28.7 Å². The molecule has 0 saturated heterocycles. The Kier molecular flexibility index (Phi) is 5.22. The first kappa shape index (κ1) is 19.0. The van der Waals surface area contributed by atoms with Gasteiger partial charge in [0.1, 0.15) is 5.82 Å². The van der Waals surface area contributed by atoms with Crippen LogP contribution in [0, 0.1) is 5.82 Å². The van der Waals surface area contributed by atoms with Crippen molar-refractivity contribution in [2.24, 2.45) is 0 Å². The van der Waals surface area contributed by atoms with Crippen molar-refractivity contribution in [3.8, 4) is 11.3 Å². The Morgan fingerprint density at radius 3 is 2.86 bits per heavy atom.